The van der Waals surface area contributed by atoms with E-state index >= 15 is 0 Å². The number of anilines is 1. The van der Waals surface area contributed by atoms with Crippen LogP contribution in [-0.2, 0) is 11.3 Å². The molecule has 0 atom stereocenters. The van der Waals surface area contributed by atoms with E-state index in [2.05, 4.69) is 24.3 Å². The fraction of sp³-hybridized carbons (Fsp3) is 0.400. The van der Waals surface area contributed by atoms with Gasteiger partial charge in [0.1, 0.15) is 12.9 Å². The number of piperazine rings is 1. The van der Waals surface area contributed by atoms with E-state index in [0.29, 0.717) is 13.1 Å². The normalized spacial score (nSPS) is 15.2. The first-order chi connectivity index (χ1) is 11.7. The summed E-state index contributed by atoms with van der Waals surface area (Å²) >= 11 is 1.38. The molecule has 1 saturated heterocycles. The summed E-state index contributed by atoms with van der Waals surface area (Å²) in [6, 6.07) is 3.86. The Bertz CT molecular complexity index is 852. The number of aromatic nitrogens is 5. The maximum Gasteiger partial charge on any atom is 0.244 e. The first kappa shape index (κ1) is 15.0. The van der Waals surface area contributed by atoms with Crippen molar-refractivity contribution >= 4 is 33.6 Å². The standard InChI is InChI=1S/C15H17N7OS/c1-11-12-3-2-4-16-14(12)22(19-11)9-13(23)20-5-7-21(8-6-20)15-17-10-18-24-15/h2-4,10H,5-9H2,1H3. The highest BCUT2D eigenvalue weighted by Crippen LogP contribution is 2.18. The quantitative estimate of drug-likeness (QED) is 0.704. The molecule has 0 radical (unpaired) electrons. The summed E-state index contributed by atoms with van der Waals surface area (Å²) in [5.41, 5.74) is 1.66. The molecule has 1 aliphatic rings. The Balaban J connectivity index is 1.43. The predicted octanol–water partition coefficient (Wildman–Crippen LogP) is 0.940. The predicted molar refractivity (Wildman–Crippen MR) is 91.0 cm³/mol. The summed E-state index contributed by atoms with van der Waals surface area (Å²) in [5, 5.41) is 6.37. The SMILES string of the molecule is Cc1nn(CC(=O)N2CCN(c3ncns3)CC2)c2ncccc12. The zero-order chi connectivity index (χ0) is 16.5. The minimum absolute atomic E-state index is 0.0713. The number of nitrogens with zero attached hydrogens (tertiary/aromatic N) is 7. The number of carbonyl (C=O) groups excluding carboxylic acids is 1. The van der Waals surface area contributed by atoms with Gasteiger partial charge in [0.2, 0.25) is 11.0 Å². The van der Waals surface area contributed by atoms with Gasteiger partial charge in [0, 0.05) is 49.3 Å². The minimum Gasteiger partial charge on any atom is -0.343 e. The average molecular weight is 343 g/mol. The summed E-state index contributed by atoms with van der Waals surface area (Å²) in [4.78, 5) is 25.2. The lowest BCUT2D eigenvalue weighted by molar-refractivity contribution is -0.132. The van der Waals surface area contributed by atoms with E-state index in [9.17, 15) is 4.79 Å². The Morgan fingerprint density at radius 1 is 1.25 bits per heavy atom. The number of hydrogen-bond acceptors (Lipinski definition) is 7. The first-order valence-electron chi connectivity index (χ1n) is 7.80. The number of aryl methyl sites for hydroxylation is 1. The van der Waals surface area contributed by atoms with Crippen LogP contribution >= 0.6 is 11.5 Å². The van der Waals surface area contributed by atoms with E-state index in [1.165, 1.54) is 11.5 Å². The number of pyridine rings is 1. The molecule has 0 N–H and O–H groups in total. The second-order valence-corrected chi connectivity index (χ2v) is 6.47. The largest absolute Gasteiger partial charge is 0.343 e. The fourth-order valence-electron chi connectivity index (χ4n) is 2.96. The third-order valence-electron chi connectivity index (χ3n) is 4.23. The number of rotatable bonds is 3. The van der Waals surface area contributed by atoms with Gasteiger partial charge in [-0.3, -0.25) is 4.79 Å². The van der Waals surface area contributed by atoms with Crippen LogP contribution in [0.1, 0.15) is 5.69 Å². The highest BCUT2D eigenvalue weighted by Gasteiger charge is 2.23. The van der Waals surface area contributed by atoms with Crippen LogP contribution in [0, 0.1) is 6.92 Å². The Hall–Kier alpha value is -2.55. The molecule has 0 spiro atoms. The highest BCUT2D eigenvalue weighted by atomic mass is 32.1. The summed E-state index contributed by atoms with van der Waals surface area (Å²) in [6.45, 7) is 5.08. The zero-order valence-corrected chi connectivity index (χ0v) is 14.1. The maximum atomic E-state index is 12.6. The second-order valence-electron chi connectivity index (χ2n) is 5.71. The van der Waals surface area contributed by atoms with Crippen molar-refractivity contribution < 1.29 is 4.79 Å². The fourth-order valence-corrected chi connectivity index (χ4v) is 3.54. The molecule has 0 bridgehead atoms. The van der Waals surface area contributed by atoms with Crippen molar-refractivity contribution in [2.24, 2.45) is 0 Å². The monoisotopic (exact) mass is 343 g/mol. The van der Waals surface area contributed by atoms with Crippen LogP contribution in [0.5, 0.6) is 0 Å². The van der Waals surface area contributed by atoms with Crippen LogP contribution in [0.25, 0.3) is 11.0 Å². The first-order valence-corrected chi connectivity index (χ1v) is 8.57. The molecule has 4 heterocycles. The topological polar surface area (TPSA) is 80.0 Å². The lowest BCUT2D eigenvalue weighted by atomic mass is 10.3. The molecule has 0 aromatic carbocycles. The van der Waals surface area contributed by atoms with Crippen LogP contribution in [0.15, 0.2) is 24.7 Å². The van der Waals surface area contributed by atoms with Gasteiger partial charge in [-0.15, -0.1) is 0 Å². The molecular formula is C15H17N7OS. The maximum absolute atomic E-state index is 12.6. The molecule has 3 aromatic rings. The molecule has 124 valence electrons. The third kappa shape index (κ3) is 2.71. The molecule has 9 heteroatoms. The van der Waals surface area contributed by atoms with Crippen molar-refractivity contribution in [3.8, 4) is 0 Å². The van der Waals surface area contributed by atoms with Gasteiger partial charge in [0.15, 0.2) is 5.65 Å². The highest BCUT2D eigenvalue weighted by molar-refractivity contribution is 7.09. The van der Waals surface area contributed by atoms with Crippen LogP contribution in [0.2, 0.25) is 0 Å². The number of carbonyl (C=O) groups is 1. The van der Waals surface area contributed by atoms with E-state index in [-0.39, 0.29) is 12.5 Å². The summed E-state index contributed by atoms with van der Waals surface area (Å²) in [6.07, 6.45) is 3.29. The minimum atomic E-state index is 0.0713. The molecule has 0 saturated carbocycles. The van der Waals surface area contributed by atoms with Crippen molar-refractivity contribution in [2.45, 2.75) is 13.5 Å². The molecule has 24 heavy (non-hydrogen) atoms. The Labute approximate surface area is 142 Å². The smallest absolute Gasteiger partial charge is 0.244 e. The molecule has 0 unspecified atom stereocenters. The van der Waals surface area contributed by atoms with Crippen molar-refractivity contribution in [3.63, 3.8) is 0 Å². The van der Waals surface area contributed by atoms with Gasteiger partial charge in [-0.05, 0) is 19.1 Å². The Kier molecular flexibility index (Phi) is 3.85. The van der Waals surface area contributed by atoms with Crippen molar-refractivity contribution in [2.75, 3.05) is 31.1 Å². The third-order valence-corrected chi connectivity index (χ3v) is 4.96. The van der Waals surface area contributed by atoms with Gasteiger partial charge in [-0.1, -0.05) is 0 Å². The van der Waals surface area contributed by atoms with Gasteiger partial charge in [-0.25, -0.2) is 14.6 Å². The number of hydrogen-bond donors (Lipinski definition) is 0. The van der Waals surface area contributed by atoms with Gasteiger partial charge in [0.25, 0.3) is 0 Å². The van der Waals surface area contributed by atoms with Gasteiger partial charge in [-0.2, -0.15) is 9.47 Å². The van der Waals surface area contributed by atoms with Crippen LogP contribution < -0.4 is 4.90 Å². The Morgan fingerprint density at radius 3 is 2.83 bits per heavy atom. The van der Waals surface area contributed by atoms with Crippen LogP contribution in [0.4, 0.5) is 5.13 Å². The average Bonchev–Trinajstić information content (AvgIpc) is 3.25. The molecule has 1 fully saturated rings. The Morgan fingerprint density at radius 2 is 2.08 bits per heavy atom. The summed E-state index contributed by atoms with van der Waals surface area (Å²) < 4.78 is 5.73. The van der Waals surface area contributed by atoms with Gasteiger partial charge in [0.05, 0.1) is 5.69 Å². The molecule has 1 amide bonds. The summed E-state index contributed by atoms with van der Waals surface area (Å²) in [7, 11) is 0. The van der Waals surface area contributed by atoms with Crippen LogP contribution in [-0.4, -0.2) is 61.1 Å². The lowest BCUT2D eigenvalue weighted by Crippen LogP contribution is -2.49. The lowest BCUT2D eigenvalue weighted by Gasteiger charge is -2.34. The van der Waals surface area contributed by atoms with E-state index in [4.69, 9.17) is 0 Å². The van der Waals surface area contributed by atoms with Crippen molar-refractivity contribution in [3.05, 3.63) is 30.4 Å². The molecule has 3 aromatic heterocycles. The van der Waals surface area contributed by atoms with E-state index < -0.39 is 0 Å². The molecule has 8 nitrogen and oxygen atoms in total. The molecular weight excluding hydrogens is 326 g/mol. The number of amides is 1. The zero-order valence-electron chi connectivity index (χ0n) is 13.3. The molecule has 1 aliphatic heterocycles. The summed E-state index contributed by atoms with van der Waals surface area (Å²) in [5.74, 6) is 0.0713. The number of fused-ring (bicyclic) bond motifs is 1. The van der Waals surface area contributed by atoms with Crippen molar-refractivity contribution in [1.29, 1.82) is 0 Å². The van der Waals surface area contributed by atoms with Gasteiger partial charge < -0.3 is 9.80 Å². The van der Waals surface area contributed by atoms with E-state index in [0.717, 1.165) is 34.9 Å². The molecule has 0 aliphatic carbocycles. The van der Waals surface area contributed by atoms with E-state index in [1.54, 1.807) is 17.2 Å². The second kappa shape index (κ2) is 6.16. The van der Waals surface area contributed by atoms with Crippen molar-refractivity contribution in [1.82, 2.24) is 29.0 Å². The van der Waals surface area contributed by atoms with Crippen LogP contribution in [0.3, 0.4) is 0 Å². The van der Waals surface area contributed by atoms with E-state index in [1.807, 2.05) is 24.0 Å². The molecule has 4 rings (SSSR count). The van der Waals surface area contributed by atoms with Gasteiger partial charge >= 0.3 is 0 Å².